The molecular formula is C30H27NO4. The second-order valence-corrected chi connectivity index (χ2v) is 9.22. The van der Waals surface area contributed by atoms with Gasteiger partial charge in [0.05, 0.1) is 17.0 Å². The normalized spacial score (nSPS) is 23.6. The van der Waals surface area contributed by atoms with Crippen LogP contribution in [0.2, 0.25) is 0 Å². The Bertz CT molecular complexity index is 1310. The number of carbonyl (C=O) groups excluding carboxylic acids is 2. The van der Waals surface area contributed by atoms with Gasteiger partial charge < -0.3 is 9.84 Å². The van der Waals surface area contributed by atoms with Crippen LogP contribution in [0.15, 0.2) is 103 Å². The van der Waals surface area contributed by atoms with Crippen LogP contribution in [0.5, 0.6) is 11.5 Å². The molecule has 1 aliphatic heterocycles. The highest BCUT2D eigenvalue weighted by atomic mass is 16.5. The second-order valence-electron chi connectivity index (χ2n) is 9.22. The van der Waals surface area contributed by atoms with Crippen molar-refractivity contribution >= 4 is 17.5 Å². The van der Waals surface area contributed by atoms with Gasteiger partial charge in [0.25, 0.3) is 0 Å². The van der Waals surface area contributed by atoms with Crippen LogP contribution in [-0.2, 0) is 16.2 Å². The Balaban J connectivity index is 1.51. The van der Waals surface area contributed by atoms with E-state index < -0.39 is 17.3 Å². The molecule has 5 nitrogen and oxygen atoms in total. The van der Waals surface area contributed by atoms with Crippen LogP contribution in [-0.4, -0.2) is 16.9 Å². The summed E-state index contributed by atoms with van der Waals surface area (Å²) in [5, 5.41) is 11.1. The lowest BCUT2D eigenvalue weighted by Gasteiger charge is -2.40. The predicted molar refractivity (Wildman–Crippen MR) is 135 cm³/mol. The molecule has 0 bridgehead atoms. The Morgan fingerprint density at radius 3 is 2.40 bits per heavy atom. The van der Waals surface area contributed by atoms with Gasteiger partial charge in [-0.2, -0.15) is 0 Å². The van der Waals surface area contributed by atoms with Crippen LogP contribution < -0.4 is 9.64 Å². The van der Waals surface area contributed by atoms with E-state index in [-0.39, 0.29) is 17.6 Å². The maximum absolute atomic E-state index is 13.9. The number of para-hydroxylation sites is 1. The van der Waals surface area contributed by atoms with Crippen molar-refractivity contribution in [3.05, 3.63) is 114 Å². The third-order valence-corrected chi connectivity index (χ3v) is 7.24. The molecule has 2 amide bonds. The molecule has 1 aliphatic carbocycles. The van der Waals surface area contributed by atoms with Gasteiger partial charge in [-0.3, -0.25) is 9.59 Å². The summed E-state index contributed by atoms with van der Waals surface area (Å²) in [4.78, 5) is 28.6. The van der Waals surface area contributed by atoms with Gasteiger partial charge in [0.2, 0.25) is 11.8 Å². The molecule has 1 saturated heterocycles. The second kappa shape index (κ2) is 8.91. The zero-order chi connectivity index (χ0) is 24.6. The zero-order valence-electron chi connectivity index (χ0n) is 19.6. The molecule has 35 heavy (non-hydrogen) atoms. The number of phenolic OH excluding ortho intramolecular Hbond substituents is 1. The number of ether oxygens (including phenoxy) is 1. The lowest BCUT2D eigenvalue weighted by molar-refractivity contribution is -0.127. The molecule has 3 unspecified atom stereocenters. The standard InChI is InChI=1S/C30H27NO4/c1-3-21-14-17-25-28(33)31(22-12-8-5-9-13-22)29(34)30(25,2)27(21)24-16-15-23(18-26(24)32)35-19-20-10-6-4-7-11-20/h3-16,18,25,27,32H,1,17,19H2,2H3. The summed E-state index contributed by atoms with van der Waals surface area (Å²) >= 11 is 0. The largest absolute Gasteiger partial charge is 0.508 e. The van der Waals surface area contributed by atoms with Gasteiger partial charge in [0, 0.05) is 17.5 Å². The average Bonchev–Trinajstić information content (AvgIpc) is 3.08. The molecule has 2 aliphatic rings. The lowest BCUT2D eigenvalue weighted by Crippen LogP contribution is -2.41. The van der Waals surface area contributed by atoms with Crippen LogP contribution in [0.4, 0.5) is 5.69 Å². The Morgan fingerprint density at radius 2 is 1.74 bits per heavy atom. The highest BCUT2D eigenvalue weighted by Gasteiger charge is 2.62. The number of nitrogens with zero attached hydrogens (tertiary/aromatic N) is 1. The minimum Gasteiger partial charge on any atom is -0.508 e. The van der Waals surface area contributed by atoms with Crippen LogP contribution in [0.3, 0.4) is 0 Å². The van der Waals surface area contributed by atoms with Crippen molar-refractivity contribution in [2.24, 2.45) is 11.3 Å². The first-order chi connectivity index (χ1) is 16.9. The molecule has 5 heteroatoms. The van der Waals surface area contributed by atoms with Crippen molar-refractivity contribution in [1.82, 2.24) is 0 Å². The fourth-order valence-electron chi connectivity index (χ4n) is 5.41. The molecule has 0 radical (unpaired) electrons. The van der Waals surface area contributed by atoms with E-state index in [1.165, 1.54) is 4.90 Å². The van der Waals surface area contributed by atoms with Crippen molar-refractivity contribution in [3.8, 4) is 11.5 Å². The van der Waals surface area contributed by atoms with Gasteiger partial charge in [-0.15, -0.1) is 0 Å². The summed E-state index contributed by atoms with van der Waals surface area (Å²) in [6.07, 6.45) is 4.12. The van der Waals surface area contributed by atoms with Gasteiger partial charge in [0.1, 0.15) is 18.1 Å². The van der Waals surface area contributed by atoms with E-state index in [9.17, 15) is 14.7 Å². The van der Waals surface area contributed by atoms with Gasteiger partial charge in [-0.25, -0.2) is 4.90 Å². The maximum atomic E-state index is 13.9. The molecule has 0 spiro atoms. The van der Waals surface area contributed by atoms with Crippen molar-refractivity contribution in [2.75, 3.05) is 4.90 Å². The smallest absolute Gasteiger partial charge is 0.241 e. The molecule has 5 rings (SSSR count). The van der Waals surface area contributed by atoms with E-state index in [1.54, 1.807) is 36.4 Å². The first-order valence-corrected chi connectivity index (χ1v) is 11.7. The number of rotatable bonds is 6. The highest BCUT2D eigenvalue weighted by molar-refractivity contribution is 6.24. The van der Waals surface area contributed by atoms with Crippen molar-refractivity contribution in [2.45, 2.75) is 25.9 Å². The van der Waals surface area contributed by atoms with Gasteiger partial charge >= 0.3 is 0 Å². The molecular weight excluding hydrogens is 438 g/mol. The summed E-state index contributed by atoms with van der Waals surface area (Å²) in [5.74, 6) is -0.982. The third kappa shape index (κ3) is 3.73. The lowest BCUT2D eigenvalue weighted by atomic mass is 9.60. The number of phenols is 1. The first kappa shape index (κ1) is 22.7. The van der Waals surface area contributed by atoms with Crippen molar-refractivity contribution in [3.63, 3.8) is 0 Å². The molecule has 3 atom stereocenters. The van der Waals surface area contributed by atoms with Crippen LogP contribution >= 0.6 is 0 Å². The van der Waals surface area contributed by atoms with E-state index in [0.717, 1.165) is 11.1 Å². The van der Waals surface area contributed by atoms with E-state index >= 15 is 0 Å². The number of anilines is 1. The van der Waals surface area contributed by atoms with Crippen molar-refractivity contribution < 1.29 is 19.4 Å². The number of hydrogen-bond donors (Lipinski definition) is 1. The fraction of sp³-hybridized carbons (Fsp3) is 0.200. The number of allylic oxidation sites excluding steroid dienone is 3. The third-order valence-electron chi connectivity index (χ3n) is 7.24. The minimum absolute atomic E-state index is 0.0218. The fourth-order valence-corrected chi connectivity index (χ4v) is 5.41. The topological polar surface area (TPSA) is 66.8 Å². The SMILES string of the molecule is C=CC1=CCC2C(=O)N(c3ccccc3)C(=O)C2(C)C1c1ccc(OCc2ccccc2)cc1O. The molecule has 0 aromatic heterocycles. The summed E-state index contributed by atoms with van der Waals surface area (Å²) < 4.78 is 5.87. The number of benzene rings is 3. The Hall–Kier alpha value is -4.12. The molecule has 3 aromatic rings. The summed E-state index contributed by atoms with van der Waals surface area (Å²) in [7, 11) is 0. The molecule has 0 saturated carbocycles. The predicted octanol–water partition coefficient (Wildman–Crippen LogP) is 5.77. The number of aromatic hydroxyl groups is 1. The summed E-state index contributed by atoms with van der Waals surface area (Å²) in [5.41, 5.74) is 1.92. The van der Waals surface area contributed by atoms with Gasteiger partial charge in [0.15, 0.2) is 0 Å². The Kier molecular flexibility index (Phi) is 5.77. The maximum Gasteiger partial charge on any atom is 0.241 e. The minimum atomic E-state index is -1.06. The monoisotopic (exact) mass is 465 g/mol. The number of amides is 2. The molecule has 176 valence electrons. The number of imide groups is 1. The zero-order valence-corrected chi connectivity index (χ0v) is 19.6. The quantitative estimate of drug-likeness (QED) is 0.470. The van der Waals surface area contributed by atoms with Crippen LogP contribution in [0.25, 0.3) is 0 Å². The molecule has 1 fully saturated rings. The summed E-state index contributed by atoms with van der Waals surface area (Å²) in [6, 6.07) is 23.9. The van der Waals surface area contributed by atoms with E-state index in [0.29, 0.717) is 30.0 Å². The molecule has 3 aromatic carbocycles. The first-order valence-electron chi connectivity index (χ1n) is 11.7. The number of fused-ring (bicyclic) bond motifs is 1. The number of carbonyl (C=O) groups is 2. The molecule has 1 N–H and O–H groups in total. The van der Waals surface area contributed by atoms with Gasteiger partial charge in [-0.05, 0) is 42.7 Å². The Morgan fingerprint density at radius 1 is 1.06 bits per heavy atom. The van der Waals surface area contributed by atoms with Crippen molar-refractivity contribution in [1.29, 1.82) is 0 Å². The average molecular weight is 466 g/mol. The molecule has 1 heterocycles. The van der Waals surface area contributed by atoms with Gasteiger partial charge in [-0.1, -0.05) is 73.3 Å². The van der Waals surface area contributed by atoms with E-state index in [4.69, 9.17) is 4.74 Å². The number of hydrogen-bond acceptors (Lipinski definition) is 4. The Labute approximate surface area is 205 Å². The van der Waals surface area contributed by atoms with E-state index in [2.05, 4.69) is 6.58 Å². The summed E-state index contributed by atoms with van der Waals surface area (Å²) in [6.45, 7) is 6.16. The highest BCUT2D eigenvalue weighted by Crippen LogP contribution is 2.58. The van der Waals surface area contributed by atoms with Crippen LogP contribution in [0, 0.1) is 11.3 Å². The van der Waals surface area contributed by atoms with Crippen LogP contribution in [0.1, 0.15) is 30.4 Å². The van der Waals surface area contributed by atoms with E-state index in [1.807, 2.05) is 61.5 Å².